The molecule has 2 aromatic rings. The highest BCUT2D eigenvalue weighted by Gasteiger charge is 2.13. The van der Waals surface area contributed by atoms with Gasteiger partial charge in [-0.3, -0.25) is 0 Å². The molecule has 0 heterocycles. The van der Waals surface area contributed by atoms with Gasteiger partial charge in [-0.2, -0.15) is 0 Å². The van der Waals surface area contributed by atoms with Gasteiger partial charge in [-0.05, 0) is 18.2 Å². The van der Waals surface area contributed by atoms with E-state index in [9.17, 15) is 5.11 Å². The predicted octanol–water partition coefficient (Wildman–Crippen LogP) is 4.17. The lowest BCUT2D eigenvalue weighted by molar-refractivity contribution is 0.199. The van der Waals surface area contributed by atoms with Crippen LogP contribution in [0.3, 0.4) is 0 Å². The highest BCUT2D eigenvalue weighted by molar-refractivity contribution is 7.99. The number of hydrogen-bond acceptors (Lipinski definition) is 3. The fourth-order valence-corrected chi connectivity index (χ4v) is 2.96. The van der Waals surface area contributed by atoms with Crippen molar-refractivity contribution in [1.29, 1.82) is 0 Å². The van der Waals surface area contributed by atoms with Gasteiger partial charge in [0.05, 0.1) is 18.2 Å². The van der Waals surface area contributed by atoms with Crippen molar-refractivity contribution in [1.82, 2.24) is 0 Å². The standard InChI is InChI=1S/C15H15ClO2S/c1-18-14-8-4-2-6-11(14)13(17)10-19-15-9-5-3-7-12(15)16/h2-9,13,17H,10H2,1H3. The second-order valence-corrected chi connectivity index (χ2v) is 5.47. The molecule has 0 aliphatic heterocycles. The minimum atomic E-state index is -0.586. The molecule has 0 bridgehead atoms. The molecule has 1 atom stereocenters. The van der Waals surface area contributed by atoms with E-state index < -0.39 is 6.10 Å². The van der Waals surface area contributed by atoms with Crippen LogP contribution in [0.25, 0.3) is 0 Å². The summed E-state index contributed by atoms with van der Waals surface area (Å²) in [6.07, 6.45) is -0.586. The summed E-state index contributed by atoms with van der Waals surface area (Å²) in [5.41, 5.74) is 0.796. The summed E-state index contributed by atoms with van der Waals surface area (Å²) in [7, 11) is 1.60. The average molecular weight is 295 g/mol. The smallest absolute Gasteiger partial charge is 0.124 e. The van der Waals surface area contributed by atoms with E-state index in [2.05, 4.69) is 0 Å². The molecule has 0 aliphatic rings. The van der Waals surface area contributed by atoms with Gasteiger partial charge in [-0.25, -0.2) is 0 Å². The molecule has 2 rings (SSSR count). The van der Waals surface area contributed by atoms with Gasteiger partial charge in [0.15, 0.2) is 0 Å². The minimum Gasteiger partial charge on any atom is -0.496 e. The molecule has 1 N–H and O–H groups in total. The molecule has 0 aliphatic carbocycles. The van der Waals surface area contributed by atoms with Crippen LogP contribution in [-0.4, -0.2) is 18.0 Å². The van der Waals surface area contributed by atoms with Gasteiger partial charge in [-0.15, -0.1) is 11.8 Å². The third-order valence-corrected chi connectivity index (χ3v) is 4.32. The van der Waals surface area contributed by atoms with Gasteiger partial charge < -0.3 is 9.84 Å². The van der Waals surface area contributed by atoms with Crippen LogP contribution in [0, 0.1) is 0 Å². The largest absolute Gasteiger partial charge is 0.496 e. The fraction of sp³-hybridized carbons (Fsp3) is 0.200. The molecule has 0 radical (unpaired) electrons. The maximum atomic E-state index is 10.2. The Balaban J connectivity index is 2.05. The van der Waals surface area contributed by atoms with Crippen molar-refractivity contribution in [2.75, 3.05) is 12.9 Å². The number of para-hydroxylation sites is 1. The van der Waals surface area contributed by atoms with Crippen LogP contribution in [-0.2, 0) is 0 Å². The van der Waals surface area contributed by atoms with Crippen molar-refractivity contribution < 1.29 is 9.84 Å². The molecule has 100 valence electrons. The first-order valence-electron chi connectivity index (χ1n) is 5.90. The van der Waals surface area contributed by atoms with Crippen molar-refractivity contribution in [2.24, 2.45) is 0 Å². The van der Waals surface area contributed by atoms with Crippen molar-refractivity contribution in [3.63, 3.8) is 0 Å². The van der Waals surface area contributed by atoms with E-state index in [0.717, 1.165) is 10.5 Å². The predicted molar refractivity (Wildman–Crippen MR) is 80.1 cm³/mol. The molecule has 0 spiro atoms. The number of ether oxygens (including phenoxy) is 1. The summed E-state index contributed by atoms with van der Waals surface area (Å²) < 4.78 is 5.25. The summed E-state index contributed by atoms with van der Waals surface area (Å²) in [6.45, 7) is 0. The van der Waals surface area contributed by atoms with Crippen molar-refractivity contribution in [3.05, 3.63) is 59.1 Å². The topological polar surface area (TPSA) is 29.5 Å². The van der Waals surface area contributed by atoms with E-state index >= 15 is 0 Å². The third kappa shape index (κ3) is 3.66. The van der Waals surface area contributed by atoms with E-state index in [1.165, 1.54) is 11.8 Å². The average Bonchev–Trinajstić information content (AvgIpc) is 2.46. The second kappa shape index (κ2) is 6.85. The first kappa shape index (κ1) is 14.3. The molecule has 0 saturated heterocycles. The summed E-state index contributed by atoms with van der Waals surface area (Å²) in [5, 5.41) is 10.9. The number of halogens is 1. The number of aliphatic hydroxyl groups is 1. The zero-order chi connectivity index (χ0) is 13.7. The Bertz CT molecular complexity index is 545. The molecule has 19 heavy (non-hydrogen) atoms. The summed E-state index contributed by atoms with van der Waals surface area (Å²) in [4.78, 5) is 0.970. The molecule has 2 aromatic carbocycles. The van der Waals surface area contributed by atoms with Gasteiger partial charge in [0, 0.05) is 16.2 Å². The lowest BCUT2D eigenvalue weighted by Gasteiger charge is -2.14. The molecular weight excluding hydrogens is 280 g/mol. The van der Waals surface area contributed by atoms with E-state index in [1.54, 1.807) is 7.11 Å². The van der Waals surface area contributed by atoms with Crippen molar-refractivity contribution >= 4 is 23.4 Å². The maximum Gasteiger partial charge on any atom is 0.124 e. The lowest BCUT2D eigenvalue weighted by Crippen LogP contribution is -2.03. The number of rotatable bonds is 5. The SMILES string of the molecule is COc1ccccc1C(O)CSc1ccccc1Cl. The van der Waals surface area contributed by atoms with Crippen molar-refractivity contribution in [2.45, 2.75) is 11.0 Å². The van der Waals surface area contributed by atoms with E-state index in [1.807, 2.05) is 48.5 Å². The highest BCUT2D eigenvalue weighted by atomic mass is 35.5. The van der Waals surface area contributed by atoms with Crippen LogP contribution in [0.15, 0.2) is 53.4 Å². The van der Waals surface area contributed by atoms with Gasteiger partial charge in [-0.1, -0.05) is 41.9 Å². The summed E-state index contributed by atoms with van der Waals surface area (Å²) >= 11 is 7.62. The zero-order valence-electron chi connectivity index (χ0n) is 10.5. The Morgan fingerprint density at radius 2 is 1.84 bits per heavy atom. The lowest BCUT2D eigenvalue weighted by atomic mass is 10.1. The Labute approximate surface area is 122 Å². The normalized spacial score (nSPS) is 12.2. The Morgan fingerprint density at radius 3 is 2.58 bits per heavy atom. The third-order valence-electron chi connectivity index (χ3n) is 2.73. The van der Waals surface area contributed by atoms with E-state index in [4.69, 9.17) is 16.3 Å². The molecule has 4 heteroatoms. The Kier molecular flexibility index (Phi) is 5.14. The Hall–Kier alpha value is -1.16. The van der Waals surface area contributed by atoms with Crippen LogP contribution in [0.1, 0.15) is 11.7 Å². The van der Waals surface area contributed by atoms with Crippen LogP contribution in [0.5, 0.6) is 5.75 Å². The second-order valence-electron chi connectivity index (χ2n) is 4.00. The van der Waals surface area contributed by atoms with Crippen LogP contribution in [0.4, 0.5) is 0 Å². The van der Waals surface area contributed by atoms with Crippen LogP contribution in [0.2, 0.25) is 5.02 Å². The molecule has 0 aromatic heterocycles. The number of methoxy groups -OCH3 is 1. The molecule has 0 amide bonds. The number of hydrogen-bond donors (Lipinski definition) is 1. The monoisotopic (exact) mass is 294 g/mol. The van der Waals surface area contributed by atoms with E-state index in [0.29, 0.717) is 16.5 Å². The van der Waals surface area contributed by atoms with E-state index in [-0.39, 0.29) is 0 Å². The van der Waals surface area contributed by atoms with Gasteiger partial charge >= 0.3 is 0 Å². The number of thioether (sulfide) groups is 1. The zero-order valence-corrected chi connectivity index (χ0v) is 12.1. The van der Waals surface area contributed by atoms with Gasteiger partial charge in [0.2, 0.25) is 0 Å². The van der Waals surface area contributed by atoms with Gasteiger partial charge in [0.1, 0.15) is 5.75 Å². The first-order chi connectivity index (χ1) is 9.22. The maximum absolute atomic E-state index is 10.2. The first-order valence-corrected chi connectivity index (χ1v) is 7.27. The van der Waals surface area contributed by atoms with Crippen molar-refractivity contribution in [3.8, 4) is 5.75 Å². The highest BCUT2D eigenvalue weighted by Crippen LogP contribution is 2.32. The quantitative estimate of drug-likeness (QED) is 0.839. The van der Waals surface area contributed by atoms with Crippen LogP contribution < -0.4 is 4.74 Å². The molecular formula is C15H15ClO2S. The number of aliphatic hydroxyl groups excluding tert-OH is 1. The minimum absolute atomic E-state index is 0.532. The summed E-state index contributed by atoms with van der Waals surface area (Å²) in [5.74, 6) is 1.24. The Morgan fingerprint density at radius 1 is 1.16 bits per heavy atom. The van der Waals surface area contributed by atoms with Crippen LogP contribution >= 0.6 is 23.4 Å². The number of benzene rings is 2. The molecule has 0 saturated carbocycles. The summed E-state index contributed by atoms with van der Waals surface area (Å²) in [6, 6.07) is 15.1. The van der Waals surface area contributed by atoms with Gasteiger partial charge in [0.25, 0.3) is 0 Å². The molecule has 2 nitrogen and oxygen atoms in total. The molecule has 0 fully saturated rings. The fourth-order valence-electron chi connectivity index (χ4n) is 1.76. The molecule has 1 unspecified atom stereocenters.